The second-order valence-electron chi connectivity index (χ2n) is 12.4. The number of aromatic nitrogens is 4. The second-order valence-corrected chi connectivity index (χ2v) is 12.8. The second kappa shape index (κ2) is 10.8. The first kappa shape index (κ1) is 28.3. The molecule has 1 aliphatic carbocycles. The van der Waals surface area contributed by atoms with E-state index in [9.17, 15) is 9.59 Å². The number of piperidine rings is 1. The number of carbonyl (C=O) groups is 2. The minimum atomic E-state index is -0.586. The van der Waals surface area contributed by atoms with Crippen LogP contribution >= 0.6 is 11.6 Å². The molecule has 0 bridgehead atoms. The summed E-state index contributed by atoms with van der Waals surface area (Å²) in [5, 5.41) is 4.38. The van der Waals surface area contributed by atoms with Crippen LogP contribution in [0.25, 0.3) is 33.6 Å². The van der Waals surface area contributed by atoms with E-state index in [4.69, 9.17) is 26.1 Å². The molecule has 2 amide bonds. The highest BCUT2D eigenvalue weighted by Gasteiger charge is 2.30. The van der Waals surface area contributed by atoms with Crippen molar-refractivity contribution in [3.8, 4) is 17.3 Å². The molecule has 2 fully saturated rings. The van der Waals surface area contributed by atoms with Gasteiger partial charge in [0, 0.05) is 43.7 Å². The van der Waals surface area contributed by atoms with Crippen molar-refractivity contribution in [3.63, 3.8) is 0 Å². The lowest BCUT2D eigenvalue weighted by Crippen LogP contribution is -2.50. The van der Waals surface area contributed by atoms with Gasteiger partial charge in [0.05, 0.1) is 18.3 Å². The number of nitrogens with zero attached hydrogens (tertiary/aromatic N) is 5. The van der Waals surface area contributed by atoms with E-state index in [0.717, 1.165) is 47.5 Å². The van der Waals surface area contributed by atoms with E-state index in [1.807, 2.05) is 44.5 Å². The molecule has 11 heteroatoms. The van der Waals surface area contributed by atoms with Crippen LogP contribution in [0.15, 0.2) is 30.3 Å². The Morgan fingerprint density at radius 3 is 2.62 bits per heavy atom. The van der Waals surface area contributed by atoms with E-state index in [0.29, 0.717) is 41.0 Å². The zero-order chi connectivity index (χ0) is 29.8. The van der Waals surface area contributed by atoms with Gasteiger partial charge in [-0.15, -0.1) is 0 Å². The Balaban J connectivity index is 1.32. The fourth-order valence-electron chi connectivity index (χ4n) is 5.79. The normalized spacial score (nSPS) is 17.6. The Hall–Kier alpha value is -3.79. The maximum absolute atomic E-state index is 13.7. The van der Waals surface area contributed by atoms with Crippen LogP contribution in [0, 0.1) is 5.92 Å². The molecule has 10 nitrogen and oxygen atoms in total. The average molecular weight is 593 g/mol. The van der Waals surface area contributed by atoms with E-state index < -0.39 is 11.7 Å². The summed E-state index contributed by atoms with van der Waals surface area (Å²) in [5.41, 5.74) is 3.18. The van der Waals surface area contributed by atoms with Gasteiger partial charge in [0.25, 0.3) is 5.91 Å². The molecule has 4 aromatic rings. The van der Waals surface area contributed by atoms with Gasteiger partial charge in [-0.1, -0.05) is 11.6 Å². The van der Waals surface area contributed by atoms with Crippen LogP contribution in [0.2, 0.25) is 5.15 Å². The summed E-state index contributed by atoms with van der Waals surface area (Å²) in [7, 11) is 3.57. The van der Waals surface area contributed by atoms with Gasteiger partial charge >= 0.3 is 6.09 Å². The van der Waals surface area contributed by atoms with Gasteiger partial charge in [0.1, 0.15) is 27.7 Å². The number of rotatable bonds is 6. The van der Waals surface area contributed by atoms with E-state index in [1.54, 1.807) is 24.1 Å². The molecular weight excluding hydrogens is 556 g/mol. The zero-order valence-corrected chi connectivity index (χ0v) is 25.5. The SMILES string of the molecule is COc1cc(C(=O)N2CCC[C@@H](NC(=O)OC(C)(C)C)C2)cc2nc(-c3cc4ccc(Cl)nc4n3CC3CC3)n(C)c12. The van der Waals surface area contributed by atoms with E-state index in [-0.39, 0.29) is 11.9 Å². The molecule has 3 aromatic heterocycles. The fourth-order valence-corrected chi connectivity index (χ4v) is 5.93. The standard InChI is InChI=1S/C31H37ClN6O4/c1-31(2,3)42-30(40)33-21-7-6-12-37(17-21)29(39)20-13-22-26(24(15-20)41-5)36(4)28(34-22)23-14-19-10-11-25(32)35-27(19)38(23)16-18-8-9-18/h10-11,13-15,18,21H,6-9,12,16-17H2,1-5H3,(H,33,40)/t21-/m1/s1. The number of pyridine rings is 1. The van der Waals surface area contributed by atoms with Crippen LogP contribution < -0.4 is 10.1 Å². The average Bonchev–Trinajstić information content (AvgIpc) is 3.61. The fraction of sp³-hybridized carbons (Fsp3) is 0.484. The molecule has 4 heterocycles. The first-order valence-electron chi connectivity index (χ1n) is 14.5. The van der Waals surface area contributed by atoms with Crippen molar-refractivity contribution in [2.75, 3.05) is 20.2 Å². The highest BCUT2D eigenvalue weighted by molar-refractivity contribution is 6.29. The van der Waals surface area contributed by atoms with Crippen LogP contribution in [-0.2, 0) is 18.3 Å². The summed E-state index contributed by atoms with van der Waals surface area (Å²) < 4.78 is 15.4. The van der Waals surface area contributed by atoms with Crippen LogP contribution in [0.5, 0.6) is 5.75 Å². The molecular formula is C31H37ClN6O4. The first-order chi connectivity index (χ1) is 20.0. The summed E-state index contributed by atoms with van der Waals surface area (Å²) in [5.74, 6) is 1.83. The third-order valence-corrected chi connectivity index (χ3v) is 8.12. The molecule has 1 aromatic carbocycles. The Labute approximate surface area is 249 Å². The molecule has 1 saturated carbocycles. The molecule has 1 aliphatic heterocycles. The Morgan fingerprint density at radius 2 is 1.90 bits per heavy atom. The smallest absolute Gasteiger partial charge is 0.407 e. The predicted molar refractivity (Wildman–Crippen MR) is 162 cm³/mol. The lowest BCUT2D eigenvalue weighted by Gasteiger charge is -2.33. The van der Waals surface area contributed by atoms with Gasteiger partial charge in [-0.05, 0) is 82.7 Å². The maximum Gasteiger partial charge on any atom is 0.407 e. The molecule has 1 atom stereocenters. The van der Waals surface area contributed by atoms with Gasteiger partial charge < -0.3 is 28.8 Å². The quantitative estimate of drug-likeness (QED) is 0.284. The van der Waals surface area contributed by atoms with Crippen molar-refractivity contribution in [1.29, 1.82) is 0 Å². The van der Waals surface area contributed by atoms with Crippen LogP contribution in [0.4, 0.5) is 4.79 Å². The third kappa shape index (κ3) is 5.64. The van der Waals surface area contributed by atoms with Crippen LogP contribution in [0.1, 0.15) is 56.8 Å². The van der Waals surface area contributed by atoms with Gasteiger partial charge in [-0.3, -0.25) is 4.79 Å². The van der Waals surface area contributed by atoms with Gasteiger partial charge in [-0.25, -0.2) is 14.8 Å². The third-order valence-electron chi connectivity index (χ3n) is 7.91. The van der Waals surface area contributed by atoms with E-state index in [2.05, 4.69) is 20.9 Å². The van der Waals surface area contributed by atoms with Crippen LogP contribution in [0.3, 0.4) is 0 Å². The number of methoxy groups -OCH3 is 1. The number of benzene rings is 1. The number of alkyl carbamates (subject to hydrolysis) is 1. The topological polar surface area (TPSA) is 104 Å². The van der Waals surface area contributed by atoms with Crippen molar-refractivity contribution >= 4 is 45.7 Å². The molecule has 0 spiro atoms. The Kier molecular flexibility index (Phi) is 7.29. The summed E-state index contributed by atoms with van der Waals surface area (Å²) in [6, 6.07) is 9.33. The van der Waals surface area contributed by atoms with Gasteiger partial charge in [0.15, 0.2) is 5.82 Å². The predicted octanol–water partition coefficient (Wildman–Crippen LogP) is 5.79. The zero-order valence-electron chi connectivity index (χ0n) is 24.7. The number of hydrogen-bond acceptors (Lipinski definition) is 6. The summed E-state index contributed by atoms with van der Waals surface area (Å²) in [4.78, 5) is 37.5. The van der Waals surface area contributed by atoms with Gasteiger partial charge in [-0.2, -0.15) is 0 Å². The highest BCUT2D eigenvalue weighted by Crippen LogP contribution is 2.38. The molecule has 222 valence electrons. The number of aryl methyl sites for hydroxylation is 1. The Morgan fingerprint density at radius 1 is 1.12 bits per heavy atom. The lowest BCUT2D eigenvalue weighted by atomic mass is 10.0. The minimum Gasteiger partial charge on any atom is -0.494 e. The largest absolute Gasteiger partial charge is 0.494 e. The number of imidazole rings is 1. The number of nitrogens with one attached hydrogen (secondary N) is 1. The van der Waals surface area contributed by atoms with Crippen molar-refractivity contribution < 1.29 is 19.1 Å². The number of fused-ring (bicyclic) bond motifs is 2. The molecule has 1 N–H and O–H groups in total. The molecule has 42 heavy (non-hydrogen) atoms. The molecule has 0 radical (unpaired) electrons. The summed E-state index contributed by atoms with van der Waals surface area (Å²) in [6.45, 7) is 7.35. The van der Waals surface area contributed by atoms with E-state index in [1.165, 1.54) is 12.8 Å². The number of hydrogen-bond donors (Lipinski definition) is 1. The molecule has 2 aliphatic rings. The number of carbonyl (C=O) groups excluding carboxylic acids is 2. The lowest BCUT2D eigenvalue weighted by molar-refractivity contribution is 0.0452. The van der Waals surface area contributed by atoms with Crippen molar-refractivity contribution in [3.05, 3.63) is 41.0 Å². The number of amides is 2. The summed E-state index contributed by atoms with van der Waals surface area (Å²) >= 11 is 6.28. The highest BCUT2D eigenvalue weighted by atomic mass is 35.5. The molecule has 6 rings (SSSR count). The van der Waals surface area contributed by atoms with Crippen molar-refractivity contribution in [2.45, 2.75) is 64.6 Å². The van der Waals surface area contributed by atoms with Gasteiger partial charge in [0.2, 0.25) is 0 Å². The van der Waals surface area contributed by atoms with Crippen molar-refractivity contribution in [1.82, 2.24) is 29.3 Å². The first-order valence-corrected chi connectivity index (χ1v) is 14.9. The van der Waals surface area contributed by atoms with Crippen molar-refractivity contribution in [2.24, 2.45) is 13.0 Å². The monoisotopic (exact) mass is 592 g/mol. The number of likely N-dealkylation sites (tertiary alicyclic amines) is 1. The maximum atomic E-state index is 13.7. The number of halogens is 1. The molecule has 0 unspecified atom stereocenters. The van der Waals surface area contributed by atoms with E-state index >= 15 is 0 Å². The van der Waals surface area contributed by atoms with Crippen LogP contribution in [-0.4, -0.2) is 67.8 Å². The minimum absolute atomic E-state index is 0.125. The summed E-state index contributed by atoms with van der Waals surface area (Å²) in [6.07, 6.45) is 3.49. The molecule has 1 saturated heterocycles. The number of ether oxygens (including phenoxy) is 2. The Bertz CT molecular complexity index is 1680.